The lowest BCUT2D eigenvalue weighted by molar-refractivity contribution is 0.0689. The number of benzene rings is 1. The smallest absolute Gasteiger partial charge is 0.358 e. The summed E-state index contributed by atoms with van der Waals surface area (Å²) in [6.07, 6.45) is 0. The van der Waals surface area contributed by atoms with E-state index in [1.165, 1.54) is 0 Å². The van der Waals surface area contributed by atoms with Crippen molar-refractivity contribution in [1.82, 2.24) is 4.98 Å². The van der Waals surface area contributed by atoms with E-state index in [9.17, 15) is 4.79 Å². The molecule has 0 aliphatic carbocycles. The summed E-state index contributed by atoms with van der Waals surface area (Å²) in [4.78, 5) is 14.8. The molecule has 0 saturated heterocycles. The molecule has 2 aromatic rings. The van der Waals surface area contributed by atoms with Crippen LogP contribution in [0.25, 0.3) is 11.5 Å². The number of aromatic nitrogens is 1. The second kappa shape index (κ2) is 4.39. The Balaban J connectivity index is 2.46. The minimum absolute atomic E-state index is 0.0144. The molecule has 17 heavy (non-hydrogen) atoms. The number of hydrogen-bond acceptors (Lipinski definition) is 4. The van der Waals surface area contributed by atoms with Crippen molar-refractivity contribution in [3.8, 4) is 11.5 Å². The third-order valence-electron chi connectivity index (χ3n) is 2.38. The number of carboxylic acid groups (broad SMARTS) is 1. The van der Waals surface area contributed by atoms with Crippen LogP contribution in [0.1, 0.15) is 21.8 Å². The van der Waals surface area contributed by atoms with Gasteiger partial charge in [0.15, 0.2) is 11.5 Å². The summed E-state index contributed by atoms with van der Waals surface area (Å²) in [6.45, 7) is 1.98. The summed E-state index contributed by atoms with van der Waals surface area (Å²) in [5, 5.41) is 8.92. The van der Waals surface area contributed by atoms with Gasteiger partial charge >= 0.3 is 5.97 Å². The summed E-state index contributed by atoms with van der Waals surface area (Å²) in [6, 6.07) is 7.46. The summed E-state index contributed by atoms with van der Waals surface area (Å²) >= 11 is 0. The fourth-order valence-corrected chi connectivity index (χ4v) is 1.48. The lowest BCUT2D eigenvalue weighted by Gasteiger charge is -1.95. The highest BCUT2D eigenvalue weighted by molar-refractivity contribution is 5.87. The van der Waals surface area contributed by atoms with Crippen LogP contribution < -0.4 is 5.73 Å². The molecule has 0 radical (unpaired) electrons. The molecule has 1 aromatic carbocycles. The Bertz CT molecular complexity index is 543. The zero-order valence-electron chi connectivity index (χ0n) is 9.30. The van der Waals surface area contributed by atoms with Gasteiger partial charge in [0.05, 0.1) is 6.54 Å². The molecule has 3 N–H and O–H groups in total. The normalized spacial score (nSPS) is 10.5. The average molecular weight is 232 g/mol. The minimum atomic E-state index is -1.13. The van der Waals surface area contributed by atoms with Gasteiger partial charge < -0.3 is 15.3 Å². The molecule has 0 bridgehead atoms. The highest BCUT2D eigenvalue weighted by Gasteiger charge is 2.18. The van der Waals surface area contributed by atoms with E-state index in [4.69, 9.17) is 15.3 Å². The van der Waals surface area contributed by atoms with Gasteiger partial charge in [0, 0.05) is 5.56 Å². The second-order valence-electron chi connectivity index (χ2n) is 3.67. The third-order valence-corrected chi connectivity index (χ3v) is 2.38. The van der Waals surface area contributed by atoms with E-state index in [1.54, 1.807) is 0 Å². The maximum Gasteiger partial charge on any atom is 0.358 e. The molecule has 5 heteroatoms. The summed E-state index contributed by atoms with van der Waals surface area (Å²) in [5.41, 5.74) is 7.13. The van der Waals surface area contributed by atoms with Gasteiger partial charge in [-0.25, -0.2) is 9.78 Å². The van der Waals surface area contributed by atoms with Crippen molar-refractivity contribution in [1.29, 1.82) is 0 Å². The molecule has 1 aromatic heterocycles. The topological polar surface area (TPSA) is 89.3 Å². The van der Waals surface area contributed by atoms with Gasteiger partial charge in [-0.2, -0.15) is 0 Å². The van der Waals surface area contributed by atoms with Crippen LogP contribution >= 0.6 is 0 Å². The first-order valence-electron chi connectivity index (χ1n) is 5.12. The van der Waals surface area contributed by atoms with Crippen LogP contribution in [0.4, 0.5) is 0 Å². The van der Waals surface area contributed by atoms with E-state index in [0.29, 0.717) is 0 Å². The van der Waals surface area contributed by atoms with Gasteiger partial charge in [-0.05, 0) is 19.1 Å². The lowest BCUT2D eigenvalue weighted by Crippen LogP contribution is -2.04. The van der Waals surface area contributed by atoms with Crippen LogP contribution in [0.3, 0.4) is 0 Å². The van der Waals surface area contributed by atoms with Crippen molar-refractivity contribution in [2.24, 2.45) is 5.73 Å². The van der Waals surface area contributed by atoms with E-state index in [1.807, 2.05) is 31.2 Å². The van der Waals surface area contributed by atoms with E-state index in [2.05, 4.69) is 4.98 Å². The van der Waals surface area contributed by atoms with Crippen LogP contribution in [0.5, 0.6) is 0 Å². The van der Waals surface area contributed by atoms with Crippen molar-refractivity contribution in [3.05, 3.63) is 41.3 Å². The van der Waals surface area contributed by atoms with E-state index in [-0.39, 0.29) is 23.9 Å². The van der Waals surface area contributed by atoms with Crippen molar-refractivity contribution < 1.29 is 14.3 Å². The predicted octanol–water partition coefficient (Wildman–Crippen LogP) is 1.81. The lowest BCUT2D eigenvalue weighted by atomic mass is 10.1. The highest BCUT2D eigenvalue weighted by Crippen LogP contribution is 2.22. The first-order chi connectivity index (χ1) is 8.11. The van der Waals surface area contributed by atoms with Crippen LogP contribution in [-0.2, 0) is 6.54 Å². The van der Waals surface area contributed by atoms with Crippen LogP contribution in [0, 0.1) is 6.92 Å². The number of carboxylic acids is 1. The molecule has 0 amide bonds. The molecule has 2 rings (SSSR count). The summed E-state index contributed by atoms with van der Waals surface area (Å²) < 4.78 is 5.33. The molecular formula is C12H12N2O3. The molecule has 0 atom stereocenters. The number of nitrogens with zero attached hydrogens (tertiary/aromatic N) is 1. The monoisotopic (exact) mass is 232 g/mol. The van der Waals surface area contributed by atoms with Crippen molar-refractivity contribution in [3.63, 3.8) is 0 Å². The average Bonchev–Trinajstić information content (AvgIpc) is 2.74. The fraction of sp³-hybridized carbons (Fsp3) is 0.167. The maximum atomic E-state index is 10.9. The van der Waals surface area contributed by atoms with Crippen molar-refractivity contribution >= 4 is 5.97 Å². The number of nitrogens with two attached hydrogens (primary N) is 1. The molecule has 0 unspecified atom stereocenters. The van der Waals surface area contributed by atoms with Gasteiger partial charge in [0.1, 0.15) is 0 Å². The number of carbonyl (C=O) groups is 1. The maximum absolute atomic E-state index is 10.9. The van der Waals surface area contributed by atoms with Crippen LogP contribution in [0.15, 0.2) is 28.7 Å². The van der Waals surface area contributed by atoms with E-state index < -0.39 is 5.97 Å². The number of oxazole rings is 1. The van der Waals surface area contributed by atoms with Crippen molar-refractivity contribution in [2.45, 2.75) is 13.5 Å². The summed E-state index contributed by atoms with van der Waals surface area (Å²) in [7, 11) is 0. The Kier molecular flexibility index (Phi) is 2.93. The standard InChI is InChI=1S/C12H12N2O3/c1-7-2-4-8(5-3-7)11-14-10(12(15)16)9(6-13)17-11/h2-5H,6,13H2,1H3,(H,15,16). The number of hydrogen-bond donors (Lipinski definition) is 2. The molecular weight excluding hydrogens is 220 g/mol. The van der Waals surface area contributed by atoms with Crippen LogP contribution in [-0.4, -0.2) is 16.1 Å². The van der Waals surface area contributed by atoms with Gasteiger partial charge in [0.2, 0.25) is 5.89 Å². The Morgan fingerprint density at radius 1 is 1.41 bits per heavy atom. The van der Waals surface area contributed by atoms with Gasteiger partial charge in [-0.15, -0.1) is 0 Å². The summed E-state index contributed by atoms with van der Waals surface area (Å²) in [5.74, 6) is -0.663. The largest absolute Gasteiger partial charge is 0.476 e. The zero-order chi connectivity index (χ0) is 12.4. The predicted molar refractivity (Wildman–Crippen MR) is 61.5 cm³/mol. The molecule has 0 saturated carbocycles. The Labute approximate surface area is 97.9 Å². The van der Waals surface area contributed by atoms with Crippen LogP contribution in [0.2, 0.25) is 0 Å². The van der Waals surface area contributed by atoms with E-state index >= 15 is 0 Å². The molecule has 5 nitrogen and oxygen atoms in total. The number of rotatable bonds is 3. The van der Waals surface area contributed by atoms with Crippen molar-refractivity contribution in [2.75, 3.05) is 0 Å². The zero-order valence-corrected chi connectivity index (χ0v) is 9.30. The minimum Gasteiger partial charge on any atom is -0.476 e. The Morgan fingerprint density at radius 3 is 2.53 bits per heavy atom. The first-order valence-corrected chi connectivity index (χ1v) is 5.12. The van der Waals surface area contributed by atoms with Gasteiger partial charge in [-0.1, -0.05) is 17.7 Å². The molecule has 0 aliphatic rings. The third kappa shape index (κ3) is 2.19. The molecule has 1 heterocycles. The first kappa shape index (κ1) is 11.3. The molecule has 88 valence electrons. The van der Waals surface area contributed by atoms with Gasteiger partial charge in [0.25, 0.3) is 0 Å². The molecule has 0 spiro atoms. The number of aryl methyl sites for hydroxylation is 1. The molecule has 0 aliphatic heterocycles. The van der Waals surface area contributed by atoms with Gasteiger partial charge in [-0.3, -0.25) is 0 Å². The quantitative estimate of drug-likeness (QED) is 0.842. The highest BCUT2D eigenvalue weighted by atomic mass is 16.4. The van der Waals surface area contributed by atoms with E-state index in [0.717, 1.165) is 11.1 Å². The Morgan fingerprint density at radius 2 is 2.06 bits per heavy atom. The number of aromatic carboxylic acids is 1. The second-order valence-corrected chi connectivity index (χ2v) is 3.67. The SMILES string of the molecule is Cc1ccc(-c2nc(C(=O)O)c(CN)o2)cc1. The Hall–Kier alpha value is -2.14. The fourth-order valence-electron chi connectivity index (χ4n) is 1.48. The molecule has 0 fully saturated rings.